The molecule has 0 aromatic heterocycles. The van der Waals surface area contributed by atoms with Crippen LogP contribution in [0.25, 0.3) is 0 Å². The highest BCUT2D eigenvalue weighted by Crippen LogP contribution is 2.34. The molecule has 3 heterocycles. The van der Waals surface area contributed by atoms with Gasteiger partial charge in [0.1, 0.15) is 12.7 Å². The van der Waals surface area contributed by atoms with Crippen LogP contribution < -0.4 is 0 Å². The summed E-state index contributed by atoms with van der Waals surface area (Å²) in [6.45, 7) is 4.12. The second-order valence-corrected chi connectivity index (χ2v) is 7.03. The summed E-state index contributed by atoms with van der Waals surface area (Å²) < 4.78 is 11.1. The number of carbonyl (C=O) groups excluding carboxylic acids is 2. The molecule has 0 saturated carbocycles. The van der Waals surface area contributed by atoms with Crippen LogP contribution in [0.3, 0.4) is 0 Å². The van der Waals surface area contributed by atoms with Gasteiger partial charge in [-0.05, 0) is 25.3 Å². The van der Waals surface area contributed by atoms with Gasteiger partial charge in [-0.25, -0.2) is 9.59 Å². The van der Waals surface area contributed by atoms with Gasteiger partial charge >= 0.3 is 11.9 Å². The smallest absolute Gasteiger partial charge is 0.341 e. The van der Waals surface area contributed by atoms with E-state index in [1.165, 1.54) is 0 Å². The van der Waals surface area contributed by atoms with E-state index in [2.05, 4.69) is 4.90 Å². The van der Waals surface area contributed by atoms with Crippen molar-refractivity contribution in [3.63, 3.8) is 0 Å². The van der Waals surface area contributed by atoms with Crippen molar-refractivity contribution >= 4 is 11.9 Å². The van der Waals surface area contributed by atoms with Crippen molar-refractivity contribution in [2.45, 2.75) is 44.4 Å². The summed E-state index contributed by atoms with van der Waals surface area (Å²) in [5.41, 5.74) is -0.796. The van der Waals surface area contributed by atoms with Gasteiger partial charge in [0.15, 0.2) is 5.60 Å². The van der Waals surface area contributed by atoms with Crippen molar-refractivity contribution in [2.75, 3.05) is 26.3 Å². The first-order chi connectivity index (χ1) is 11.9. The predicted octanol–water partition coefficient (Wildman–Crippen LogP) is 0.165. The van der Waals surface area contributed by atoms with E-state index in [0.29, 0.717) is 5.57 Å². The van der Waals surface area contributed by atoms with E-state index in [0.717, 1.165) is 25.1 Å². The summed E-state index contributed by atoms with van der Waals surface area (Å²) in [5, 5.41) is 20.2. The highest BCUT2D eigenvalue weighted by Gasteiger charge is 2.46. The Balaban J connectivity index is 1.93. The molecular formula is C18H25NO6. The second kappa shape index (κ2) is 6.90. The monoisotopic (exact) mass is 351 g/mol. The zero-order chi connectivity index (χ0) is 18.2. The largest absolute Gasteiger partial charge is 0.459 e. The van der Waals surface area contributed by atoms with Crippen LogP contribution in [-0.2, 0) is 19.1 Å². The number of esters is 2. The number of hydrogen-bond acceptors (Lipinski definition) is 7. The van der Waals surface area contributed by atoms with E-state index in [1.807, 2.05) is 6.08 Å². The summed E-state index contributed by atoms with van der Waals surface area (Å²) >= 11 is 0. The molecule has 2 N–H and O–H groups in total. The number of nitrogens with zero attached hydrogens (tertiary/aromatic N) is 1. The summed E-state index contributed by atoms with van der Waals surface area (Å²) in [4.78, 5) is 27.2. The Morgan fingerprint density at radius 2 is 2.20 bits per heavy atom. The van der Waals surface area contributed by atoms with Crippen LogP contribution in [-0.4, -0.2) is 71.1 Å². The average Bonchev–Trinajstić information content (AvgIpc) is 3.18. The Labute approximate surface area is 146 Å². The molecule has 0 aromatic rings. The molecule has 0 amide bonds. The van der Waals surface area contributed by atoms with Crippen molar-refractivity contribution in [1.29, 1.82) is 0 Å². The third-order valence-corrected chi connectivity index (χ3v) is 5.59. The van der Waals surface area contributed by atoms with Crippen LogP contribution in [0.15, 0.2) is 23.3 Å². The Kier molecular flexibility index (Phi) is 4.99. The molecule has 0 bridgehead atoms. The lowest BCUT2D eigenvalue weighted by Crippen LogP contribution is -2.50. The van der Waals surface area contributed by atoms with E-state index in [-0.39, 0.29) is 25.2 Å². The Bertz CT molecular complexity index is 627. The summed E-state index contributed by atoms with van der Waals surface area (Å²) in [6.07, 6.45) is 4.20. The molecule has 2 fully saturated rings. The lowest BCUT2D eigenvalue weighted by molar-refractivity contribution is -0.176. The Hall–Kier alpha value is -1.70. The first kappa shape index (κ1) is 18.1. The molecule has 7 nitrogen and oxygen atoms in total. The van der Waals surface area contributed by atoms with Crippen molar-refractivity contribution in [1.82, 2.24) is 4.90 Å². The number of aliphatic hydroxyl groups excluding tert-OH is 1. The van der Waals surface area contributed by atoms with Gasteiger partial charge < -0.3 is 19.7 Å². The fraction of sp³-hybridized carbons (Fsp3) is 0.667. The zero-order valence-corrected chi connectivity index (χ0v) is 14.6. The van der Waals surface area contributed by atoms with Gasteiger partial charge in [-0.1, -0.05) is 19.1 Å². The van der Waals surface area contributed by atoms with Crippen LogP contribution in [0.2, 0.25) is 0 Å². The maximum atomic E-state index is 12.6. The van der Waals surface area contributed by atoms with Crippen LogP contribution in [0.5, 0.6) is 0 Å². The van der Waals surface area contributed by atoms with Crippen molar-refractivity contribution in [2.24, 2.45) is 5.92 Å². The van der Waals surface area contributed by atoms with Gasteiger partial charge in [0, 0.05) is 24.6 Å². The van der Waals surface area contributed by atoms with Gasteiger partial charge in [0.05, 0.1) is 12.6 Å². The number of cyclic esters (lactones) is 1. The number of ether oxygens (including phenoxy) is 2. The molecule has 138 valence electrons. The molecule has 3 aliphatic heterocycles. The third kappa shape index (κ3) is 3.12. The van der Waals surface area contributed by atoms with E-state index >= 15 is 0 Å². The van der Waals surface area contributed by atoms with E-state index in [4.69, 9.17) is 9.47 Å². The number of allylic oxidation sites excluding steroid dienone is 1. The lowest BCUT2D eigenvalue weighted by Gasteiger charge is -2.32. The van der Waals surface area contributed by atoms with Crippen LogP contribution in [0.1, 0.15) is 26.7 Å². The predicted molar refractivity (Wildman–Crippen MR) is 88.5 cm³/mol. The zero-order valence-electron chi connectivity index (χ0n) is 14.6. The fourth-order valence-corrected chi connectivity index (χ4v) is 3.85. The van der Waals surface area contributed by atoms with Gasteiger partial charge in [0.2, 0.25) is 0 Å². The third-order valence-electron chi connectivity index (χ3n) is 5.59. The van der Waals surface area contributed by atoms with Crippen LogP contribution >= 0.6 is 0 Å². The first-order valence-electron chi connectivity index (χ1n) is 8.70. The summed E-state index contributed by atoms with van der Waals surface area (Å²) in [7, 11) is 0. The molecule has 25 heavy (non-hydrogen) atoms. The molecule has 0 aromatic carbocycles. The highest BCUT2D eigenvalue weighted by molar-refractivity contribution is 5.89. The summed E-state index contributed by atoms with van der Waals surface area (Å²) in [5.74, 6) is -1.99. The maximum Gasteiger partial charge on any atom is 0.341 e. The standard InChI is InChI=1S/C18H25NO6/c1-3-12-8-11(2)18(23,10-20)17(22)24-9-13-4-6-19-7-5-14(15(13)19)25-16(12)21/h3-4,11,14-15,20,23H,5-10H2,1-2H3/b12-3+/t11-,14-,15+,18+/m0/s1. The second-order valence-electron chi connectivity index (χ2n) is 7.03. The van der Waals surface area contributed by atoms with Crippen LogP contribution in [0, 0.1) is 5.92 Å². The maximum absolute atomic E-state index is 12.6. The molecule has 3 rings (SSSR count). The van der Waals surface area contributed by atoms with Crippen molar-refractivity contribution in [3.05, 3.63) is 23.3 Å². The molecule has 0 unspecified atom stereocenters. The molecule has 7 heteroatoms. The van der Waals surface area contributed by atoms with Gasteiger partial charge in [-0.15, -0.1) is 0 Å². The van der Waals surface area contributed by atoms with Crippen molar-refractivity contribution < 1.29 is 29.3 Å². The normalized spacial score (nSPS) is 38.5. The molecule has 0 aliphatic carbocycles. The number of carbonyl (C=O) groups is 2. The Morgan fingerprint density at radius 1 is 1.44 bits per heavy atom. The lowest BCUT2D eigenvalue weighted by atomic mass is 9.84. The minimum atomic E-state index is -2.05. The quantitative estimate of drug-likeness (QED) is 0.395. The van der Waals surface area contributed by atoms with Gasteiger partial charge in [-0.2, -0.15) is 0 Å². The van der Waals surface area contributed by atoms with E-state index < -0.39 is 30.1 Å². The molecule has 3 aliphatic rings. The van der Waals surface area contributed by atoms with E-state index in [1.54, 1.807) is 19.9 Å². The summed E-state index contributed by atoms with van der Waals surface area (Å²) in [6, 6.07) is -0.0890. The molecule has 0 spiro atoms. The first-order valence-corrected chi connectivity index (χ1v) is 8.70. The average molecular weight is 351 g/mol. The van der Waals surface area contributed by atoms with Crippen molar-refractivity contribution in [3.8, 4) is 0 Å². The van der Waals surface area contributed by atoms with Gasteiger partial charge in [-0.3, -0.25) is 4.90 Å². The minimum Gasteiger partial charge on any atom is -0.459 e. The Morgan fingerprint density at radius 3 is 2.88 bits per heavy atom. The molecule has 2 saturated heterocycles. The molecule has 4 atom stereocenters. The van der Waals surface area contributed by atoms with E-state index in [9.17, 15) is 19.8 Å². The molecular weight excluding hydrogens is 326 g/mol. The van der Waals surface area contributed by atoms with Gasteiger partial charge in [0.25, 0.3) is 0 Å². The number of aliphatic hydroxyl groups is 2. The molecule has 0 radical (unpaired) electrons. The highest BCUT2D eigenvalue weighted by atomic mass is 16.6. The number of rotatable bonds is 1. The minimum absolute atomic E-state index is 0.0273. The van der Waals surface area contributed by atoms with Crippen LogP contribution in [0.4, 0.5) is 0 Å². The fourth-order valence-electron chi connectivity index (χ4n) is 3.85. The SMILES string of the molecule is C/C=C1\C[C@H](C)[C@](O)(CO)C(=O)OCC2=CCN3CC[C@H](OC1=O)[C@@H]23. The number of hydrogen-bond donors (Lipinski definition) is 2. The topological polar surface area (TPSA) is 96.3 Å².